The Hall–Kier alpha value is -1.83. The van der Waals surface area contributed by atoms with E-state index in [4.69, 9.17) is 4.74 Å². The van der Waals surface area contributed by atoms with Crippen LogP contribution in [0.4, 0.5) is 4.79 Å². The zero-order chi connectivity index (χ0) is 23.8. The van der Waals surface area contributed by atoms with E-state index in [1.54, 1.807) is 39.5 Å². The van der Waals surface area contributed by atoms with Crippen molar-refractivity contribution in [3.05, 3.63) is 0 Å². The van der Waals surface area contributed by atoms with Gasteiger partial charge in [-0.25, -0.2) is 4.79 Å². The predicted molar refractivity (Wildman–Crippen MR) is 121 cm³/mol. The van der Waals surface area contributed by atoms with Gasteiger partial charge in [-0.15, -0.1) is 0 Å². The highest BCUT2D eigenvalue weighted by Gasteiger charge is 2.35. The van der Waals surface area contributed by atoms with Gasteiger partial charge in [-0.05, 0) is 59.8 Å². The van der Waals surface area contributed by atoms with E-state index in [1.807, 2.05) is 13.8 Å². The fourth-order valence-corrected chi connectivity index (χ4v) is 3.51. The molecule has 0 aromatic rings. The van der Waals surface area contributed by atoms with Crippen molar-refractivity contribution in [2.24, 2.45) is 5.92 Å². The third-order valence-corrected chi connectivity index (χ3v) is 5.32. The van der Waals surface area contributed by atoms with Crippen LogP contribution in [0.25, 0.3) is 0 Å². The van der Waals surface area contributed by atoms with E-state index in [0.29, 0.717) is 19.5 Å². The van der Waals surface area contributed by atoms with Gasteiger partial charge in [-0.2, -0.15) is 0 Å². The molecule has 8 heteroatoms. The lowest BCUT2D eigenvalue weighted by molar-refractivity contribution is -0.136. The molecule has 1 aliphatic heterocycles. The number of nitrogens with zero attached hydrogens (tertiary/aromatic N) is 1. The van der Waals surface area contributed by atoms with Gasteiger partial charge in [-0.1, -0.05) is 26.7 Å². The summed E-state index contributed by atoms with van der Waals surface area (Å²) >= 11 is 0. The molecule has 0 aromatic heterocycles. The summed E-state index contributed by atoms with van der Waals surface area (Å²) in [5.74, 6) is -0.350. The van der Waals surface area contributed by atoms with Gasteiger partial charge in [-0.3, -0.25) is 9.59 Å². The van der Waals surface area contributed by atoms with Crippen LogP contribution in [0.3, 0.4) is 0 Å². The standard InChI is InChI=1S/C23H43N3O5/c1-16(2)14-17(24-21(30)31-22(3,4)5)20(29)25-23(6,7)18(27)15-19(28)26-12-10-8-9-11-13-26/h16-18,27H,8-15H2,1-7H3,(H,24,30)(H,25,29)/t17-,18?/m0/s1. The first-order valence-corrected chi connectivity index (χ1v) is 11.5. The SMILES string of the molecule is CC(C)C[C@H](NC(=O)OC(C)(C)C)C(=O)NC(C)(C)C(O)CC(=O)N1CCCCCC1. The maximum absolute atomic E-state index is 12.9. The molecule has 180 valence electrons. The molecular weight excluding hydrogens is 398 g/mol. The maximum Gasteiger partial charge on any atom is 0.408 e. The molecule has 1 heterocycles. The highest BCUT2D eigenvalue weighted by molar-refractivity contribution is 5.86. The first-order valence-electron chi connectivity index (χ1n) is 11.5. The average Bonchev–Trinajstić information content (AvgIpc) is 2.88. The van der Waals surface area contributed by atoms with Gasteiger partial charge in [0, 0.05) is 13.1 Å². The number of aliphatic hydroxyl groups excluding tert-OH is 1. The van der Waals surface area contributed by atoms with Crippen LogP contribution in [0, 0.1) is 5.92 Å². The Morgan fingerprint density at radius 2 is 1.55 bits per heavy atom. The maximum atomic E-state index is 12.9. The Labute approximate surface area is 187 Å². The highest BCUT2D eigenvalue weighted by atomic mass is 16.6. The summed E-state index contributed by atoms with van der Waals surface area (Å²) in [5, 5.41) is 16.2. The largest absolute Gasteiger partial charge is 0.444 e. The number of rotatable bonds is 8. The van der Waals surface area contributed by atoms with Crippen molar-refractivity contribution >= 4 is 17.9 Å². The monoisotopic (exact) mass is 441 g/mol. The van der Waals surface area contributed by atoms with Crippen molar-refractivity contribution in [2.45, 2.75) is 110 Å². The molecule has 1 fully saturated rings. The Morgan fingerprint density at radius 3 is 2.03 bits per heavy atom. The number of carbonyl (C=O) groups excluding carboxylic acids is 3. The first kappa shape index (κ1) is 27.2. The van der Waals surface area contributed by atoms with E-state index in [9.17, 15) is 19.5 Å². The Balaban J connectivity index is 2.75. The van der Waals surface area contributed by atoms with Crippen LogP contribution in [0.5, 0.6) is 0 Å². The lowest BCUT2D eigenvalue weighted by atomic mass is 9.92. The quantitative estimate of drug-likeness (QED) is 0.537. The molecule has 31 heavy (non-hydrogen) atoms. The van der Waals surface area contributed by atoms with Crippen LogP contribution < -0.4 is 10.6 Å². The summed E-state index contributed by atoms with van der Waals surface area (Å²) < 4.78 is 5.28. The third kappa shape index (κ3) is 10.4. The topological polar surface area (TPSA) is 108 Å². The number of ether oxygens (including phenoxy) is 1. The first-order chi connectivity index (χ1) is 14.2. The van der Waals surface area contributed by atoms with Crippen molar-refractivity contribution in [3.63, 3.8) is 0 Å². The van der Waals surface area contributed by atoms with Crippen molar-refractivity contribution in [3.8, 4) is 0 Å². The molecule has 1 rings (SSSR count). The number of amides is 3. The van der Waals surface area contributed by atoms with E-state index in [-0.39, 0.29) is 18.2 Å². The fraction of sp³-hybridized carbons (Fsp3) is 0.870. The van der Waals surface area contributed by atoms with E-state index < -0.39 is 35.3 Å². The van der Waals surface area contributed by atoms with Crippen LogP contribution in [0.2, 0.25) is 0 Å². The molecule has 0 saturated carbocycles. The molecule has 0 bridgehead atoms. The summed E-state index contributed by atoms with van der Waals surface area (Å²) in [7, 11) is 0. The van der Waals surface area contributed by atoms with Gasteiger partial charge in [0.2, 0.25) is 11.8 Å². The second kappa shape index (κ2) is 11.7. The smallest absolute Gasteiger partial charge is 0.408 e. The average molecular weight is 442 g/mol. The van der Waals surface area contributed by atoms with Crippen LogP contribution in [-0.2, 0) is 14.3 Å². The number of aliphatic hydroxyl groups is 1. The highest BCUT2D eigenvalue weighted by Crippen LogP contribution is 2.18. The molecule has 1 unspecified atom stereocenters. The van der Waals surface area contributed by atoms with Crippen LogP contribution in [0.15, 0.2) is 0 Å². The minimum atomic E-state index is -1.05. The zero-order valence-corrected chi connectivity index (χ0v) is 20.4. The van der Waals surface area contributed by atoms with Crippen LogP contribution in [0.1, 0.15) is 87.0 Å². The summed E-state index contributed by atoms with van der Waals surface area (Å²) in [6.45, 7) is 14.0. The van der Waals surface area contributed by atoms with Gasteiger partial charge in [0.1, 0.15) is 11.6 Å². The second-order valence-corrected chi connectivity index (χ2v) is 10.6. The van der Waals surface area contributed by atoms with Gasteiger partial charge >= 0.3 is 6.09 Å². The normalized spacial score (nSPS) is 17.5. The van der Waals surface area contributed by atoms with E-state index in [0.717, 1.165) is 25.7 Å². The van der Waals surface area contributed by atoms with Crippen LogP contribution >= 0.6 is 0 Å². The number of nitrogens with one attached hydrogen (secondary N) is 2. The summed E-state index contributed by atoms with van der Waals surface area (Å²) in [4.78, 5) is 39.6. The van der Waals surface area contributed by atoms with E-state index in [1.165, 1.54) is 0 Å². The Morgan fingerprint density at radius 1 is 1.00 bits per heavy atom. The number of carbonyl (C=O) groups is 3. The predicted octanol–water partition coefficient (Wildman–Crippen LogP) is 2.97. The van der Waals surface area contributed by atoms with Gasteiger partial charge < -0.3 is 25.4 Å². The molecule has 3 amide bonds. The van der Waals surface area contributed by atoms with Crippen molar-refractivity contribution in [1.29, 1.82) is 0 Å². The third-order valence-electron chi connectivity index (χ3n) is 5.32. The van der Waals surface area contributed by atoms with Crippen molar-refractivity contribution < 1.29 is 24.2 Å². The number of likely N-dealkylation sites (tertiary alicyclic amines) is 1. The molecule has 3 N–H and O–H groups in total. The van der Waals surface area contributed by atoms with Gasteiger partial charge in [0.15, 0.2) is 0 Å². The van der Waals surface area contributed by atoms with Crippen molar-refractivity contribution in [1.82, 2.24) is 15.5 Å². The molecule has 2 atom stereocenters. The number of alkyl carbamates (subject to hydrolysis) is 1. The lowest BCUT2D eigenvalue weighted by Gasteiger charge is -2.34. The minimum absolute atomic E-state index is 0.0539. The number of hydrogen-bond donors (Lipinski definition) is 3. The van der Waals surface area contributed by atoms with Gasteiger partial charge in [0.05, 0.1) is 18.1 Å². The van der Waals surface area contributed by atoms with Crippen LogP contribution in [-0.4, -0.2) is 64.3 Å². The Bertz CT molecular complexity index is 605. The summed E-state index contributed by atoms with van der Waals surface area (Å²) in [5.41, 5.74) is -1.71. The summed E-state index contributed by atoms with van der Waals surface area (Å²) in [6.07, 6.45) is 2.86. The van der Waals surface area contributed by atoms with E-state index in [2.05, 4.69) is 10.6 Å². The second-order valence-electron chi connectivity index (χ2n) is 10.6. The molecule has 1 saturated heterocycles. The molecule has 0 radical (unpaired) electrons. The molecule has 1 aliphatic rings. The van der Waals surface area contributed by atoms with E-state index >= 15 is 0 Å². The Kier molecular flexibility index (Phi) is 10.3. The van der Waals surface area contributed by atoms with Crippen molar-refractivity contribution in [2.75, 3.05) is 13.1 Å². The molecule has 0 aromatic carbocycles. The molecule has 0 aliphatic carbocycles. The lowest BCUT2D eigenvalue weighted by Crippen LogP contribution is -2.59. The number of hydrogen-bond acceptors (Lipinski definition) is 5. The molecular formula is C23H43N3O5. The van der Waals surface area contributed by atoms with Gasteiger partial charge in [0.25, 0.3) is 0 Å². The minimum Gasteiger partial charge on any atom is -0.444 e. The fourth-order valence-electron chi connectivity index (χ4n) is 3.51. The summed E-state index contributed by atoms with van der Waals surface area (Å²) in [6, 6.07) is -0.803. The molecule has 0 spiro atoms. The molecule has 8 nitrogen and oxygen atoms in total. The zero-order valence-electron chi connectivity index (χ0n) is 20.4.